The van der Waals surface area contributed by atoms with Crippen LogP contribution in [0.4, 0.5) is 0 Å². The largest absolute Gasteiger partial charge is 0.328 e. The molecule has 0 spiro atoms. The van der Waals surface area contributed by atoms with Crippen molar-refractivity contribution in [1.82, 2.24) is 5.32 Å². The van der Waals surface area contributed by atoms with Crippen LogP contribution in [-0.2, 0) is 11.8 Å². The Morgan fingerprint density at radius 3 is 2.26 bits per heavy atom. The molecule has 0 radical (unpaired) electrons. The third-order valence-electron chi connectivity index (χ3n) is 3.42. The highest BCUT2D eigenvalue weighted by molar-refractivity contribution is 5.27. The minimum Gasteiger partial charge on any atom is -0.328 e. The molecule has 1 unspecified atom stereocenters. The van der Waals surface area contributed by atoms with E-state index in [1.807, 2.05) is 0 Å². The lowest BCUT2D eigenvalue weighted by Gasteiger charge is -2.19. The summed E-state index contributed by atoms with van der Waals surface area (Å²) < 4.78 is 0. The van der Waals surface area contributed by atoms with Gasteiger partial charge in [0.15, 0.2) is 0 Å². The van der Waals surface area contributed by atoms with Gasteiger partial charge in [-0.05, 0) is 55.8 Å². The summed E-state index contributed by atoms with van der Waals surface area (Å²) in [7, 11) is 0. The van der Waals surface area contributed by atoms with Crippen molar-refractivity contribution >= 4 is 0 Å². The van der Waals surface area contributed by atoms with Crippen molar-refractivity contribution in [2.45, 2.75) is 58.4 Å². The molecule has 108 valence electrons. The summed E-state index contributed by atoms with van der Waals surface area (Å²) in [5.74, 6) is 0. The summed E-state index contributed by atoms with van der Waals surface area (Å²) in [5, 5.41) is 3.48. The Morgan fingerprint density at radius 2 is 1.74 bits per heavy atom. The lowest BCUT2D eigenvalue weighted by molar-refractivity contribution is 0.575. The van der Waals surface area contributed by atoms with E-state index in [0.29, 0.717) is 6.04 Å². The summed E-state index contributed by atoms with van der Waals surface area (Å²) in [6.07, 6.45) is 3.37. The molecule has 2 heteroatoms. The number of benzene rings is 1. The topological polar surface area (TPSA) is 38.0 Å². The van der Waals surface area contributed by atoms with E-state index >= 15 is 0 Å². The van der Waals surface area contributed by atoms with Gasteiger partial charge in [0, 0.05) is 6.04 Å². The molecular formula is C17H30N2. The average Bonchev–Trinajstić information content (AvgIpc) is 2.32. The molecule has 1 aromatic rings. The molecule has 0 aliphatic rings. The van der Waals surface area contributed by atoms with Crippen molar-refractivity contribution in [1.29, 1.82) is 0 Å². The van der Waals surface area contributed by atoms with Crippen LogP contribution in [0.3, 0.4) is 0 Å². The normalized spacial score (nSPS) is 13.5. The monoisotopic (exact) mass is 262 g/mol. The fourth-order valence-corrected chi connectivity index (χ4v) is 2.08. The van der Waals surface area contributed by atoms with Gasteiger partial charge in [-0.15, -0.1) is 0 Å². The van der Waals surface area contributed by atoms with Crippen LogP contribution in [-0.4, -0.2) is 19.1 Å². The number of rotatable bonds is 7. The number of nitrogens with two attached hydrogens (primary N) is 1. The maximum absolute atomic E-state index is 5.72. The van der Waals surface area contributed by atoms with Crippen molar-refractivity contribution in [3.8, 4) is 0 Å². The molecule has 0 aliphatic heterocycles. The zero-order chi connectivity index (χ0) is 14.3. The quantitative estimate of drug-likeness (QED) is 0.740. The van der Waals surface area contributed by atoms with Crippen LogP contribution in [0.25, 0.3) is 0 Å². The van der Waals surface area contributed by atoms with E-state index < -0.39 is 0 Å². The molecular weight excluding hydrogens is 232 g/mol. The minimum absolute atomic E-state index is 0.246. The van der Waals surface area contributed by atoms with Crippen LogP contribution < -0.4 is 11.1 Å². The van der Waals surface area contributed by atoms with Gasteiger partial charge in [-0.2, -0.15) is 0 Å². The summed E-state index contributed by atoms with van der Waals surface area (Å²) in [4.78, 5) is 0. The Bertz CT molecular complexity index is 347. The fraction of sp³-hybridized carbons (Fsp3) is 0.647. The van der Waals surface area contributed by atoms with Crippen molar-refractivity contribution in [2.75, 3.05) is 13.1 Å². The molecule has 1 rings (SSSR count). The van der Waals surface area contributed by atoms with Crippen LogP contribution in [0.2, 0.25) is 0 Å². The van der Waals surface area contributed by atoms with E-state index in [1.54, 1.807) is 0 Å². The summed E-state index contributed by atoms with van der Waals surface area (Å²) in [6.45, 7) is 10.9. The van der Waals surface area contributed by atoms with E-state index in [9.17, 15) is 0 Å². The first-order valence-corrected chi connectivity index (χ1v) is 7.45. The SMILES string of the molecule is CC(N)CCCNCCc1ccc(C(C)(C)C)cc1. The first-order chi connectivity index (χ1) is 8.89. The number of hydrogen-bond donors (Lipinski definition) is 2. The Hall–Kier alpha value is -0.860. The lowest BCUT2D eigenvalue weighted by atomic mass is 9.86. The number of nitrogens with one attached hydrogen (secondary N) is 1. The molecule has 1 atom stereocenters. The van der Waals surface area contributed by atoms with Crippen molar-refractivity contribution in [3.05, 3.63) is 35.4 Å². The van der Waals surface area contributed by atoms with Crippen molar-refractivity contribution in [2.24, 2.45) is 5.73 Å². The second kappa shape index (κ2) is 7.66. The average molecular weight is 262 g/mol. The zero-order valence-corrected chi connectivity index (χ0v) is 13.0. The standard InChI is InChI=1S/C17H30N2/c1-14(18)6-5-12-19-13-11-15-7-9-16(10-8-15)17(2,3)4/h7-10,14,19H,5-6,11-13,18H2,1-4H3. The molecule has 0 saturated heterocycles. The van der Waals surface area contributed by atoms with Gasteiger partial charge >= 0.3 is 0 Å². The van der Waals surface area contributed by atoms with Crippen LogP contribution in [0.1, 0.15) is 51.7 Å². The van der Waals surface area contributed by atoms with Gasteiger partial charge in [-0.1, -0.05) is 45.0 Å². The molecule has 19 heavy (non-hydrogen) atoms. The van der Waals surface area contributed by atoms with Gasteiger partial charge in [-0.25, -0.2) is 0 Å². The first-order valence-electron chi connectivity index (χ1n) is 7.45. The predicted molar refractivity (Wildman–Crippen MR) is 84.6 cm³/mol. The Morgan fingerprint density at radius 1 is 1.11 bits per heavy atom. The first kappa shape index (κ1) is 16.2. The summed E-state index contributed by atoms with van der Waals surface area (Å²) >= 11 is 0. The van der Waals surface area contributed by atoms with E-state index in [-0.39, 0.29) is 5.41 Å². The molecule has 0 heterocycles. The van der Waals surface area contributed by atoms with Crippen LogP contribution in [0.15, 0.2) is 24.3 Å². The highest BCUT2D eigenvalue weighted by Gasteiger charge is 2.12. The molecule has 0 fully saturated rings. The molecule has 1 aromatic carbocycles. The van der Waals surface area contributed by atoms with Gasteiger partial charge in [0.1, 0.15) is 0 Å². The van der Waals surface area contributed by atoms with E-state index in [2.05, 4.69) is 57.3 Å². The molecule has 0 bridgehead atoms. The van der Waals surface area contributed by atoms with Crippen molar-refractivity contribution in [3.63, 3.8) is 0 Å². The Labute approximate surface area is 118 Å². The van der Waals surface area contributed by atoms with Gasteiger partial charge in [0.2, 0.25) is 0 Å². The van der Waals surface area contributed by atoms with Crippen LogP contribution >= 0.6 is 0 Å². The highest BCUT2D eigenvalue weighted by Crippen LogP contribution is 2.22. The third-order valence-corrected chi connectivity index (χ3v) is 3.42. The third kappa shape index (κ3) is 6.74. The zero-order valence-electron chi connectivity index (χ0n) is 13.0. The van der Waals surface area contributed by atoms with Crippen molar-refractivity contribution < 1.29 is 0 Å². The Kier molecular flexibility index (Phi) is 6.53. The van der Waals surface area contributed by atoms with E-state index in [1.165, 1.54) is 17.5 Å². The van der Waals surface area contributed by atoms with E-state index in [4.69, 9.17) is 5.73 Å². The number of hydrogen-bond acceptors (Lipinski definition) is 2. The molecule has 0 aliphatic carbocycles. The van der Waals surface area contributed by atoms with E-state index in [0.717, 1.165) is 25.9 Å². The minimum atomic E-state index is 0.246. The Balaban J connectivity index is 2.23. The summed E-state index contributed by atoms with van der Waals surface area (Å²) in [5.41, 5.74) is 8.78. The van der Waals surface area contributed by atoms with Gasteiger partial charge in [-0.3, -0.25) is 0 Å². The molecule has 2 nitrogen and oxygen atoms in total. The predicted octanol–water partition coefficient (Wildman–Crippen LogP) is 3.24. The lowest BCUT2D eigenvalue weighted by Crippen LogP contribution is -2.21. The van der Waals surface area contributed by atoms with Crippen LogP contribution in [0.5, 0.6) is 0 Å². The van der Waals surface area contributed by atoms with Crippen LogP contribution in [0, 0.1) is 0 Å². The van der Waals surface area contributed by atoms with Gasteiger partial charge in [0.25, 0.3) is 0 Å². The fourth-order valence-electron chi connectivity index (χ4n) is 2.08. The second-order valence-corrected chi connectivity index (χ2v) is 6.57. The second-order valence-electron chi connectivity index (χ2n) is 6.57. The van der Waals surface area contributed by atoms with Gasteiger partial charge in [0.05, 0.1) is 0 Å². The highest BCUT2D eigenvalue weighted by atomic mass is 14.8. The maximum atomic E-state index is 5.72. The van der Waals surface area contributed by atoms with Gasteiger partial charge < -0.3 is 11.1 Å². The molecule has 3 N–H and O–H groups in total. The molecule has 0 aromatic heterocycles. The molecule has 0 amide bonds. The maximum Gasteiger partial charge on any atom is 0.00109 e. The molecule has 0 saturated carbocycles. The smallest absolute Gasteiger partial charge is 0.00109 e. The summed E-state index contributed by atoms with van der Waals surface area (Å²) in [6, 6.07) is 9.34.